The topological polar surface area (TPSA) is 112 Å². The monoisotopic (exact) mass is 595 g/mol. The number of nitrogens with zero attached hydrogens (tertiary/aromatic N) is 4. The Labute approximate surface area is 259 Å². The van der Waals surface area contributed by atoms with E-state index in [1.807, 2.05) is 87.8 Å². The van der Waals surface area contributed by atoms with E-state index in [-0.39, 0.29) is 25.4 Å². The maximum Gasteiger partial charge on any atom is 0.414 e. The van der Waals surface area contributed by atoms with Crippen LogP contribution in [-0.2, 0) is 29.0 Å². The van der Waals surface area contributed by atoms with E-state index in [0.717, 1.165) is 29.1 Å². The molecule has 0 saturated carbocycles. The van der Waals surface area contributed by atoms with Crippen LogP contribution in [-0.4, -0.2) is 64.6 Å². The Hall–Kier alpha value is -3.92. The first-order valence-electron chi connectivity index (χ1n) is 15.1. The molecule has 0 aliphatic carbocycles. The van der Waals surface area contributed by atoms with Crippen LogP contribution in [0, 0.1) is 0 Å². The van der Waals surface area contributed by atoms with Crippen molar-refractivity contribution in [3.8, 4) is 0 Å². The second kappa shape index (κ2) is 18.6. The summed E-state index contributed by atoms with van der Waals surface area (Å²) in [5, 5.41) is 9.48. The molecule has 0 unspecified atom stereocenters. The van der Waals surface area contributed by atoms with Crippen LogP contribution in [0.25, 0.3) is 0 Å². The van der Waals surface area contributed by atoms with Gasteiger partial charge in [-0.05, 0) is 77.0 Å². The lowest BCUT2D eigenvalue weighted by molar-refractivity contribution is -0.121. The number of nitrogens with one attached hydrogen (secondary N) is 3. The molecule has 238 valence electrons. The summed E-state index contributed by atoms with van der Waals surface area (Å²) in [5.41, 5.74) is 4.34. The number of benzene rings is 1. The molecule has 1 aromatic heterocycles. The van der Waals surface area contributed by atoms with Crippen molar-refractivity contribution in [3.05, 3.63) is 71.3 Å². The van der Waals surface area contributed by atoms with Crippen molar-refractivity contribution in [1.29, 1.82) is 0 Å². The minimum absolute atomic E-state index is 0.118. The highest BCUT2D eigenvalue weighted by Gasteiger charge is 2.25. The predicted molar refractivity (Wildman–Crippen MR) is 176 cm³/mol. The molecule has 2 amide bonds. The largest absolute Gasteiger partial charge is 0.443 e. The van der Waals surface area contributed by atoms with Crippen molar-refractivity contribution < 1.29 is 14.3 Å². The summed E-state index contributed by atoms with van der Waals surface area (Å²) in [6, 6.07) is 8.13. The van der Waals surface area contributed by atoms with Gasteiger partial charge in [-0.15, -0.1) is 0 Å². The second-order valence-electron chi connectivity index (χ2n) is 10.9. The molecule has 0 atom stereocenters. The Morgan fingerprint density at radius 3 is 2.51 bits per heavy atom. The number of hydrogen-bond acceptors (Lipinski definition) is 8. The van der Waals surface area contributed by atoms with Crippen LogP contribution in [0.4, 0.5) is 16.4 Å². The molecule has 43 heavy (non-hydrogen) atoms. The van der Waals surface area contributed by atoms with Crippen molar-refractivity contribution in [2.24, 2.45) is 0 Å². The third kappa shape index (κ3) is 13.3. The molecule has 0 spiro atoms. The summed E-state index contributed by atoms with van der Waals surface area (Å²) < 4.78 is 5.57. The Morgan fingerprint density at radius 2 is 1.86 bits per heavy atom. The standard InChI is InChI=1S/C29H41N7O3.2C2H6/c1-20-16-30-18-25-23(17-32-27(34-25)33-24-10-8-9-22(15-24)19-35(6)7)11-12-26(37)31-13-14-36(21(20)2)28(38)39-29(3,4)5;2*1-2/h8-10,15-17,30H,2,11-14,18-19H2,1,3-7H3,(H,31,37)(H,32,33,34);2*1-2H3/b20-16+;;. The lowest BCUT2D eigenvalue weighted by atomic mass is 10.1. The Morgan fingerprint density at radius 1 is 1.16 bits per heavy atom. The smallest absolute Gasteiger partial charge is 0.414 e. The first-order valence-corrected chi connectivity index (χ1v) is 15.1. The number of carbonyl (C=O) groups excluding carboxylic acids is 2. The van der Waals surface area contributed by atoms with Crippen molar-refractivity contribution >= 4 is 23.6 Å². The number of aryl methyl sites for hydroxylation is 1. The fraction of sp³-hybridized carbons (Fsp3) is 0.515. The van der Waals surface area contributed by atoms with Gasteiger partial charge in [0.05, 0.1) is 12.2 Å². The molecular formula is C33H53N7O3. The van der Waals surface area contributed by atoms with Gasteiger partial charge in [0.2, 0.25) is 11.9 Å². The Bertz CT molecular complexity index is 1220. The molecule has 1 aromatic carbocycles. The van der Waals surface area contributed by atoms with Gasteiger partial charge in [-0.3, -0.25) is 9.69 Å². The van der Waals surface area contributed by atoms with Crippen LogP contribution in [0.1, 0.15) is 78.6 Å². The lowest BCUT2D eigenvalue weighted by Gasteiger charge is -2.29. The van der Waals surface area contributed by atoms with E-state index in [2.05, 4.69) is 44.5 Å². The molecule has 0 saturated heterocycles. The third-order valence-electron chi connectivity index (χ3n) is 5.90. The summed E-state index contributed by atoms with van der Waals surface area (Å²) in [6.07, 6.45) is 3.85. The number of hydrogen-bond donors (Lipinski definition) is 3. The summed E-state index contributed by atoms with van der Waals surface area (Å²) >= 11 is 0. The molecule has 3 rings (SSSR count). The molecule has 0 bridgehead atoms. The molecule has 2 aromatic rings. The molecule has 0 fully saturated rings. The fourth-order valence-electron chi connectivity index (χ4n) is 4.00. The number of rotatable bonds is 4. The van der Waals surface area contributed by atoms with Gasteiger partial charge >= 0.3 is 6.09 Å². The van der Waals surface area contributed by atoms with Crippen molar-refractivity contribution in [2.45, 2.75) is 86.9 Å². The van der Waals surface area contributed by atoms with E-state index in [4.69, 9.17) is 9.72 Å². The number of ether oxygens (including phenoxy) is 1. The zero-order chi connectivity index (χ0) is 32.6. The quantitative estimate of drug-likeness (QED) is 0.387. The average molecular weight is 596 g/mol. The molecular weight excluding hydrogens is 542 g/mol. The van der Waals surface area contributed by atoms with Gasteiger partial charge in [0.1, 0.15) is 5.60 Å². The van der Waals surface area contributed by atoms with Gasteiger partial charge in [-0.2, -0.15) is 0 Å². The number of carbonyl (C=O) groups is 2. The van der Waals surface area contributed by atoms with Crippen LogP contribution in [0.3, 0.4) is 0 Å². The highest BCUT2D eigenvalue weighted by Crippen LogP contribution is 2.20. The minimum atomic E-state index is -0.654. The van der Waals surface area contributed by atoms with E-state index in [9.17, 15) is 9.59 Å². The number of aromatic nitrogens is 2. The first-order chi connectivity index (χ1) is 20.4. The minimum Gasteiger partial charge on any atom is -0.443 e. The maximum atomic E-state index is 12.9. The SMILES string of the molecule is C=C1/C(C)=C/NCc2nc(Nc3cccc(CN(C)C)c3)ncc2CCC(=O)NCCN1C(=O)OC(C)(C)C.CC.CC. The number of fused-ring (bicyclic) bond motifs is 1. The van der Waals surface area contributed by atoms with Gasteiger partial charge in [0.25, 0.3) is 0 Å². The van der Waals surface area contributed by atoms with Crippen molar-refractivity contribution in [3.63, 3.8) is 0 Å². The van der Waals surface area contributed by atoms with Gasteiger partial charge in [0, 0.05) is 49.8 Å². The summed E-state index contributed by atoms with van der Waals surface area (Å²) in [6.45, 7) is 21.2. The summed E-state index contributed by atoms with van der Waals surface area (Å²) in [7, 11) is 4.07. The van der Waals surface area contributed by atoms with Crippen LogP contribution in [0.15, 0.2) is 54.5 Å². The van der Waals surface area contributed by atoms with Crippen molar-refractivity contribution in [1.82, 2.24) is 30.4 Å². The van der Waals surface area contributed by atoms with E-state index >= 15 is 0 Å². The molecule has 10 nitrogen and oxygen atoms in total. The molecule has 1 aliphatic rings. The first kappa shape index (κ1) is 37.1. The van der Waals surface area contributed by atoms with Crippen LogP contribution < -0.4 is 16.0 Å². The van der Waals surface area contributed by atoms with Crippen LogP contribution in [0.2, 0.25) is 0 Å². The number of anilines is 2. The summed E-state index contributed by atoms with van der Waals surface area (Å²) in [5.74, 6) is 0.359. The third-order valence-corrected chi connectivity index (χ3v) is 5.90. The van der Waals surface area contributed by atoms with Crippen molar-refractivity contribution in [2.75, 3.05) is 32.5 Å². The van der Waals surface area contributed by atoms with Gasteiger partial charge < -0.3 is 25.6 Å². The van der Waals surface area contributed by atoms with Gasteiger partial charge in [-0.1, -0.05) is 46.4 Å². The van der Waals surface area contributed by atoms with E-state index in [1.165, 1.54) is 10.5 Å². The normalized spacial score (nSPS) is 15.5. The highest BCUT2D eigenvalue weighted by molar-refractivity contribution is 5.76. The lowest BCUT2D eigenvalue weighted by Crippen LogP contribution is -2.41. The predicted octanol–water partition coefficient (Wildman–Crippen LogP) is 6.14. The van der Waals surface area contributed by atoms with E-state index in [1.54, 1.807) is 6.20 Å². The van der Waals surface area contributed by atoms with Crippen LogP contribution in [0.5, 0.6) is 0 Å². The van der Waals surface area contributed by atoms with E-state index < -0.39 is 11.7 Å². The number of amides is 2. The van der Waals surface area contributed by atoms with Gasteiger partial charge in [-0.25, -0.2) is 14.8 Å². The molecule has 3 N–H and O–H groups in total. The molecule has 0 radical (unpaired) electrons. The maximum absolute atomic E-state index is 12.9. The highest BCUT2D eigenvalue weighted by atomic mass is 16.6. The zero-order valence-electron chi connectivity index (χ0n) is 27.9. The van der Waals surface area contributed by atoms with Gasteiger partial charge in [0.15, 0.2) is 0 Å². The van der Waals surface area contributed by atoms with E-state index in [0.29, 0.717) is 24.6 Å². The summed E-state index contributed by atoms with van der Waals surface area (Å²) in [4.78, 5) is 38.3. The average Bonchev–Trinajstić information content (AvgIpc) is 2.95. The number of allylic oxidation sites excluding steroid dienone is 1. The molecule has 2 heterocycles. The Balaban J connectivity index is 0.00000221. The molecule has 1 aliphatic heterocycles. The Kier molecular flexibility index (Phi) is 16.0. The van der Waals surface area contributed by atoms with Crippen LogP contribution >= 0.6 is 0 Å². The second-order valence-corrected chi connectivity index (χ2v) is 10.9. The zero-order valence-corrected chi connectivity index (χ0v) is 27.9. The fourth-order valence-corrected chi connectivity index (χ4v) is 4.00. The molecule has 10 heteroatoms.